The van der Waals surface area contributed by atoms with Gasteiger partial charge in [0.25, 0.3) is 0 Å². The van der Waals surface area contributed by atoms with Gasteiger partial charge in [-0.2, -0.15) is 0 Å². The zero-order chi connectivity index (χ0) is 28.3. The second-order valence-electron chi connectivity index (χ2n) is 10.0. The third-order valence-corrected chi connectivity index (χ3v) is 7.59. The van der Waals surface area contributed by atoms with Gasteiger partial charge in [-0.3, -0.25) is 13.9 Å². The number of carbonyl (C=O) groups is 2. The monoisotopic (exact) mass is 585 g/mol. The number of amides is 2. The number of hydrogen-bond donors (Lipinski definition) is 1. The smallest absolute Gasteiger partial charge is 0.244 e. The van der Waals surface area contributed by atoms with E-state index in [2.05, 4.69) is 5.32 Å². The van der Waals surface area contributed by atoms with Gasteiger partial charge in [0, 0.05) is 18.2 Å². The number of nitrogens with zero attached hydrogens (tertiary/aromatic N) is 2. The Labute approximate surface area is 234 Å². The predicted octanol–water partition coefficient (Wildman–Crippen LogP) is 4.25. The van der Waals surface area contributed by atoms with Crippen LogP contribution in [0.1, 0.15) is 39.7 Å². The fourth-order valence-corrected chi connectivity index (χ4v) is 5.17. The van der Waals surface area contributed by atoms with Crippen molar-refractivity contribution in [1.82, 2.24) is 10.2 Å². The molecule has 2 aromatic rings. The summed E-state index contributed by atoms with van der Waals surface area (Å²) in [4.78, 5) is 28.4. The van der Waals surface area contributed by atoms with Crippen LogP contribution < -0.4 is 19.1 Å². The lowest BCUT2D eigenvalue weighted by molar-refractivity contribution is -0.141. The summed E-state index contributed by atoms with van der Waals surface area (Å²) in [6.45, 7) is 7.52. The highest BCUT2D eigenvalue weighted by Crippen LogP contribution is 2.35. The molecule has 0 fully saturated rings. The van der Waals surface area contributed by atoms with Gasteiger partial charge in [0.15, 0.2) is 11.5 Å². The van der Waals surface area contributed by atoms with Crippen LogP contribution in [0.15, 0.2) is 36.4 Å². The number of hydrogen-bond acceptors (Lipinski definition) is 6. The van der Waals surface area contributed by atoms with E-state index in [0.29, 0.717) is 46.7 Å². The molecule has 38 heavy (non-hydrogen) atoms. The maximum Gasteiger partial charge on any atom is 0.244 e. The molecule has 2 amide bonds. The average Bonchev–Trinajstić information content (AvgIpc) is 2.82. The van der Waals surface area contributed by atoms with Crippen molar-refractivity contribution < 1.29 is 27.5 Å². The number of ether oxygens (including phenoxy) is 2. The molecule has 1 atom stereocenters. The summed E-state index contributed by atoms with van der Waals surface area (Å²) in [5, 5.41) is 3.58. The van der Waals surface area contributed by atoms with Gasteiger partial charge >= 0.3 is 0 Å². The fraction of sp³-hybridized carbons (Fsp3) is 0.462. The van der Waals surface area contributed by atoms with Crippen molar-refractivity contribution in [3.05, 3.63) is 52.0 Å². The maximum atomic E-state index is 13.8. The summed E-state index contributed by atoms with van der Waals surface area (Å²) >= 11 is 12.3. The number of sulfonamides is 1. The molecule has 2 aromatic carbocycles. The van der Waals surface area contributed by atoms with Gasteiger partial charge in [0.1, 0.15) is 25.8 Å². The lowest BCUT2D eigenvalue weighted by atomic mass is 10.1. The van der Waals surface area contributed by atoms with Crippen LogP contribution in [0, 0.1) is 0 Å². The molecular weight excluding hydrogens is 553 g/mol. The summed E-state index contributed by atoms with van der Waals surface area (Å²) in [5.41, 5.74) is 0.346. The maximum absolute atomic E-state index is 13.8. The minimum atomic E-state index is -3.89. The van der Waals surface area contributed by atoms with Gasteiger partial charge in [0.2, 0.25) is 21.8 Å². The van der Waals surface area contributed by atoms with Gasteiger partial charge < -0.3 is 19.7 Å². The number of benzene rings is 2. The van der Waals surface area contributed by atoms with Crippen LogP contribution in [0.2, 0.25) is 10.0 Å². The van der Waals surface area contributed by atoms with Crippen molar-refractivity contribution in [3.8, 4) is 11.5 Å². The van der Waals surface area contributed by atoms with Crippen molar-refractivity contribution in [2.24, 2.45) is 0 Å². The van der Waals surface area contributed by atoms with Crippen LogP contribution in [-0.4, -0.2) is 62.7 Å². The molecule has 0 saturated carbocycles. The zero-order valence-corrected chi connectivity index (χ0v) is 24.4. The van der Waals surface area contributed by atoms with E-state index in [9.17, 15) is 18.0 Å². The first-order chi connectivity index (χ1) is 17.7. The number of anilines is 1. The van der Waals surface area contributed by atoms with Gasteiger partial charge in [-0.1, -0.05) is 36.2 Å². The fourth-order valence-electron chi connectivity index (χ4n) is 4.01. The Kier molecular flexibility index (Phi) is 9.43. The second kappa shape index (κ2) is 12.0. The Morgan fingerprint density at radius 1 is 1.03 bits per heavy atom. The highest BCUT2D eigenvalue weighted by molar-refractivity contribution is 7.92. The average molecular weight is 587 g/mol. The Morgan fingerprint density at radius 2 is 1.68 bits per heavy atom. The molecule has 0 aliphatic carbocycles. The molecule has 1 aliphatic rings. The Morgan fingerprint density at radius 3 is 2.26 bits per heavy atom. The molecule has 0 aromatic heterocycles. The normalized spacial score (nSPS) is 14.0. The summed E-state index contributed by atoms with van der Waals surface area (Å²) < 4.78 is 37.8. The van der Waals surface area contributed by atoms with Crippen LogP contribution in [0.4, 0.5) is 5.69 Å². The van der Waals surface area contributed by atoms with Gasteiger partial charge in [-0.15, -0.1) is 0 Å². The third kappa shape index (κ3) is 7.68. The van der Waals surface area contributed by atoms with Crippen LogP contribution >= 0.6 is 23.2 Å². The number of fused-ring (bicyclic) bond motifs is 1. The number of carbonyl (C=O) groups excluding carboxylic acids is 2. The minimum absolute atomic E-state index is 0.0184. The highest BCUT2D eigenvalue weighted by atomic mass is 35.5. The van der Waals surface area contributed by atoms with Crippen LogP contribution in [-0.2, 0) is 26.2 Å². The first-order valence-corrected chi connectivity index (χ1v) is 14.7. The van der Waals surface area contributed by atoms with Gasteiger partial charge in [-0.25, -0.2) is 8.42 Å². The largest absolute Gasteiger partial charge is 0.486 e. The summed E-state index contributed by atoms with van der Waals surface area (Å²) in [6.07, 6.45) is 1.32. The Hall–Kier alpha value is -2.69. The summed E-state index contributed by atoms with van der Waals surface area (Å²) in [5.74, 6) is -0.0321. The number of rotatable bonds is 9. The molecule has 208 valence electrons. The molecule has 3 rings (SSSR count). The molecule has 1 heterocycles. The van der Waals surface area contributed by atoms with E-state index in [1.165, 1.54) is 11.0 Å². The van der Waals surface area contributed by atoms with E-state index in [1.54, 1.807) is 37.3 Å². The summed E-state index contributed by atoms with van der Waals surface area (Å²) in [6, 6.07) is 8.75. The third-order valence-electron chi connectivity index (χ3n) is 5.71. The Bertz CT molecular complexity index is 1300. The van der Waals surface area contributed by atoms with Gasteiger partial charge in [-0.05, 0) is 57.0 Å². The number of nitrogens with one attached hydrogen (secondary N) is 1. The van der Waals surface area contributed by atoms with E-state index >= 15 is 0 Å². The van der Waals surface area contributed by atoms with Crippen molar-refractivity contribution in [1.29, 1.82) is 0 Å². The molecule has 12 heteroatoms. The van der Waals surface area contributed by atoms with Crippen molar-refractivity contribution in [2.45, 2.75) is 52.2 Å². The first-order valence-electron chi connectivity index (χ1n) is 12.1. The molecule has 1 unspecified atom stereocenters. The molecule has 9 nitrogen and oxygen atoms in total. The van der Waals surface area contributed by atoms with Gasteiger partial charge in [0.05, 0.1) is 22.0 Å². The van der Waals surface area contributed by atoms with Crippen molar-refractivity contribution in [3.63, 3.8) is 0 Å². The second-order valence-corrected chi connectivity index (χ2v) is 12.8. The minimum Gasteiger partial charge on any atom is -0.486 e. The molecule has 0 spiro atoms. The Balaban J connectivity index is 1.98. The molecule has 0 bridgehead atoms. The molecule has 1 aliphatic heterocycles. The number of halogens is 2. The van der Waals surface area contributed by atoms with E-state index < -0.39 is 34.1 Å². The highest BCUT2D eigenvalue weighted by Gasteiger charge is 2.33. The lowest BCUT2D eigenvalue weighted by Gasteiger charge is -2.34. The quantitative estimate of drug-likeness (QED) is 0.471. The van der Waals surface area contributed by atoms with E-state index in [1.807, 2.05) is 20.8 Å². The molecule has 1 N–H and O–H groups in total. The van der Waals surface area contributed by atoms with Crippen LogP contribution in [0.25, 0.3) is 0 Å². The SMILES string of the molecule is CCC(C(=O)NC(C)(C)C)N(Cc1ccc(Cl)c(Cl)c1)C(=O)CN(c1ccc2c(c1)OCCO2)S(C)(=O)=O. The van der Waals surface area contributed by atoms with Crippen molar-refractivity contribution >= 4 is 50.7 Å². The first kappa shape index (κ1) is 29.9. The zero-order valence-electron chi connectivity index (χ0n) is 22.1. The molecule has 0 saturated heterocycles. The van der Waals surface area contributed by atoms with E-state index in [-0.39, 0.29) is 18.1 Å². The predicted molar refractivity (Wildman–Crippen MR) is 149 cm³/mol. The topological polar surface area (TPSA) is 105 Å². The lowest BCUT2D eigenvalue weighted by Crippen LogP contribution is -2.55. The summed E-state index contributed by atoms with van der Waals surface area (Å²) in [7, 11) is -3.89. The van der Waals surface area contributed by atoms with E-state index in [0.717, 1.165) is 10.6 Å². The van der Waals surface area contributed by atoms with Crippen LogP contribution in [0.5, 0.6) is 11.5 Å². The van der Waals surface area contributed by atoms with Crippen molar-refractivity contribution in [2.75, 3.05) is 30.3 Å². The standard InChI is InChI=1S/C26H33Cl2N3O6S/c1-6-21(25(33)29-26(2,3)4)30(15-17-7-9-19(27)20(28)13-17)24(32)16-31(38(5,34)35)18-8-10-22-23(14-18)37-12-11-36-22/h7-10,13-14,21H,6,11-12,15-16H2,1-5H3,(H,29,33). The van der Waals surface area contributed by atoms with E-state index in [4.69, 9.17) is 32.7 Å². The molecular formula is C26H33Cl2N3O6S. The van der Waals surface area contributed by atoms with Crippen LogP contribution in [0.3, 0.4) is 0 Å². The molecule has 0 radical (unpaired) electrons.